The van der Waals surface area contributed by atoms with Gasteiger partial charge in [-0.3, -0.25) is 9.59 Å². The van der Waals surface area contributed by atoms with Gasteiger partial charge in [-0.2, -0.15) is 0 Å². The Hall–Kier alpha value is -2.16. The molecule has 0 N–H and O–H groups in total. The largest absolute Gasteiger partial charge is 0.464 e. The lowest BCUT2D eigenvalue weighted by Crippen LogP contribution is -2.26. The van der Waals surface area contributed by atoms with Gasteiger partial charge in [-0.1, -0.05) is 25.5 Å². The van der Waals surface area contributed by atoms with Crippen LogP contribution in [-0.2, 0) is 16.0 Å². The first kappa shape index (κ1) is 12.9. The maximum absolute atomic E-state index is 12.4. The van der Waals surface area contributed by atoms with Crippen LogP contribution in [0, 0.1) is 0 Å². The van der Waals surface area contributed by atoms with Crippen LogP contribution in [0.25, 0.3) is 11.3 Å². The van der Waals surface area contributed by atoms with E-state index in [-0.39, 0.29) is 0 Å². The average molecular weight is 268 g/mol. The van der Waals surface area contributed by atoms with Crippen molar-refractivity contribution in [2.75, 3.05) is 0 Å². The molecule has 0 fully saturated rings. The van der Waals surface area contributed by atoms with Gasteiger partial charge < -0.3 is 4.74 Å². The molecule has 1 aliphatic carbocycles. The van der Waals surface area contributed by atoms with Gasteiger partial charge in [-0.05, 0) is 37.0 Å². The Kier molecular flexibility index (Phi) is 2.85. The molecular weight excluding hydrogens is 252 g/mol. The Morgan fingerprint density at radius 3 is 2.50 bits per heavy atom. The molecule has 3 heteroatoms. The molecule has 3 rings (SSSR count). The molecule has 0 spiro atoms. The van der Waals surface area contributed by atoms with E-state index in [1.165, 1.54) is 0 Å². The Morgan fingerprint density at radius 1 is 1.05 bits per heavy atom. The van der Waals surface area contributed by atoms with Crippen LogP contribution in [0.3, 0.4) is 0 Å². The van der Waals surface area contributed by atoms with Gasteiger partial charge in [-0.15, -0.1) is 0 Å². The number of ketones is 2. The normalized spacial score (nSPS) is 16.9. The molecule has 0 radical (unpaired) electrons. The summed E-state index contributed by atoms with van der Waals surface area (Å²) in [5.41, 5.74) is 4.65. The summed E-state index contributed by atoms with van der Waals surface area (Å²) in [5, 5.41) is 0. The summed E-state index contributed by atoms with van der Waals surface area (Å²) in [6.45, 7) is 5.66. The molecule has 0 saturated carbocycles. The van der Waals surface area contributed by atoms with E-state index in [0.717, 1.165) is 35.1 Å². The van der Waals surface area contributed by atoms with E-state index >= 15 is 0 Å². The van der Waals surface area contributed by atoms with E-state index in [1.54, 1.807) is 13.2 Å². The predicted octanol–water partition coefficient (Wildman–Crippen LogP) is 3.53. The molecule has 0 unspecified atom stereocenters. The fourth-order valence-electron chi connectivity index (χ4n) is 2.88. The number of Topliss-reactive ketones (excluding diaryl/α,β-unsaturated/α-hetero) is 2. The second-order valence-corrected chi connectivity index (χ2v) is 5.30. The van der Waals surface area contributed by atoms with Crippen molar-refractivity contribution in [2.24, 2.45) is 0 Å². The van der Waals surface area contributed by atoms with Crippen LogP contribution < -0.4 is 0 Å². The third-order valence-corrected chi connectivity index (χ3v) is 3.93. The van der Waals surface area contributed by atoms with E-state index in [4.69, 9.17) is 4.74 Å². The third-order valence-electron chi connectivity index (χ3n) is 3.93. The molecule has 0 bridgehead atoms. The summed E-state index contributed by atoms with van der Waals surface area (Å²) < 4.78 is 5.61. The number of rotatable bonds is 2. The number of allylic oxidation sites excluding steroid dienone is 2. The average Bonchev–Trinajstić information content (AvgIpc) is 2.44. The fraction of sp³-hybridized carbons (Fsp3) is 0.294. The van der Waals surface area contributed by atoms with Crippen LogP contribution in [0.5, 0.6) is 0 Å². The van der Waals surface area contributed by atoms with Crippen molar-refractivity contribution in [3.63, 3.8) is 0 Å². The van der Waals surface area contributed by atoms with Crippen LogP contribution in [-0.4, -0.2) is 11.6 Å². The van der Waals surface area contributed by atoms with Crippen LogP contribution in [0.1, 0.15) is 54.2 Å². The Morgan fingerprint density at radius 2 is 1.80 bits per heavy atom. The molecule has 1 aliphatic heterocycles. The molecule has 0 amide bonds. The highest BCUT2D eigenvalue weighted by molar-refractivity contribution is 6.52. The molecule has 1 aromatic carbocycles. The van der Waals surface area contributed by atoms with Gasteiger partial charge in [0.05, 0.1) is 6.26 Å². The molecule has 0 aromatic heterocycles. The van der Waals surface area contributed by atoms with Crippen molar-refractivity contribution in [2.45, 2.75) is 33.6 Å². The number of hydrogen-bond acceptors (Lipinski definition) is 3. The molecule has 1 aromatic rings. The standard InChI is InChI=1S/C17H16O3/c1-4-5-11-6-7-12-9(2)8-20-17-10(3)15(18)16(19)13(11)14(12)17/h6-8H,4-5H2,1-3H3. The highest BCUT2D eigenvalue weighted by Crippen LogP contribution is 2.41. The van der Waals surface area contributed by atoms with E-state index in [2.05, 4.69) is 6.92 Å². The number of benzene rings is 1. The number of carbonyl (C=O) groups is 2. The summed E-state index contributed by atoms with van der Waals surface area (Å²) >= 11 is 0. The summed E-state index contributed by atoms with van der Waals surface area (Å²) in [4.78, 5) is 24.5. The van der Waals surface area contributed by atoms with Gasteiger partial charge in [0.25, 0.3) is 0 Å². The predicted molar refractivity (Wildman–Crippen MR) is 77.1 cm³/mol. The fourth-order valence-corrected chi connectivity index (χ4v) is 2.88. The lowest BCUT2D eigenvalue weighted by atomic mass is 9.80. The third kappa shape index (κ3) is 1.59. The van der Waals surface area contributed by atoms with Crippen LogP contribution in [0.2, 0.25) is 0 Å². The molecule has 0 atom stereocenters. The first-order chi connectivity index (χ1) is 9.56. The van der Waals surface area contributed by atoms with Gasteiger partial charge in [0, 0.05) is 16.7 Å². The zero-order valence-electron chi connectivity index (χ0n) is 11.9. The smallest absolute Gasteiger partial charge is 0.234 e. The van der Waals surface area contributed by atoms with Gasteiger partial charge in [0.1, 0.15) is 5.76 Å². The number of aryl methyl sites for hydroxylation is 1. The summed E-state index contributed by atoms with van der Waals surface area (Å²) in [6, 6.07) is 3.98. The number of carbonyl (C=O) groups excluding carboxylic acids is 2. The maximum atomic E-state index is 12.4. The monoisotopic (exact) mass is 268 g/mol. The number of ether oxygens (including phenoxy) is 1. The SMILES string of the molecule is CCCc1ccc2c3c1C(=O)C(=O)C(C)=C3OC=C2C. The van der Waals surface area contributed by atoms with Crippen molar-refractivity contribution in [3.8, 4) is 0 Å². The minimum absolute atomic E-state index is 0.398. The summed E-state index contributed by atoms with van der Waals surface area (Å²) in [5.74, 6) is -0.303. The Labute approximate surface area is 117 Å². The summed E-state index contributed by atoms with van der Waals surface area (Å²) in [6.07, 6.45) is 3.37. The van der Waals surface area contributed by atoms with E-state index in [9.17, 15) is 9.59 Å². The topological polar surface area (TPSA) is 43.4 Å². The zero-order chi connectivity index (χ0) is 14.4. The maximum Gasteiger partial charge on any atom is 0.234 e. The van der Waals surface area contributed by atoms with Crippen LogP contribution in [0.4, 0.5) is 0 Å². The molecule has 2 aliphatic rings. The Bertz CT molecular complexity index is 705. The van der Waals surface area contributed by atoms with Crippen molar-refractivity contribution < 1.29 is 14.3 Å². The first-order valence-electron chi connectivity index (χ1n) is 6.86. The number of hydrogen-bond donors (Lipinski definition) is 0. The molecule has 3 nitrogen and oxygen atoms in total. The molecule has 102 valence electrons. The summed E-state index contributed by atoms with van der Waals surface area (Å²) in [7, 11) is 0. The van der Waals surface area contributed by atoms with Gasteiger partial charge in [0.2, 0.25) is 11.6 Å². The second kappa shape index (κ2) is 4.44. The van der Waals surface area contributed by atoms with Crippen molar-refractivity contribution in [1.29, 1.82) is 0 Å². The molecule has 20 heavy (non-hydrogen) atoms. The molecule has 1 heterocycles. The second-order valence-electron chi connectivity index (χ2n) is 5.30. The quantitative estimate of drug-likeness (QED) is 0.771. The van der Waals surface area contributed by atoms with Crippen molar-refractivity contribution >= 4 is 22.9 Å². The van der Waals surface area contributed by atoms with E-state index in [0.29, 0.717) is 16.9 Å². The molecular formula is C17H16O3. The molecule has 0 saturated heterocycles. The lowest BCUT2D eigenvalue weighted by Gasteiger charge is -2.27. The Balaban J connectivity index is 2.39. The van der Waals surface area contributed by atoms with Crippen molar-refractivity contribution in [1.82, 2.24) is 0 Å². The van der Waals surface area contributed by atoms with Crippen LogP contribution in [0.15, 0.2) is 24.0 Å². The highest BCUT2D eigenvalue weighted by Gasteiger charge is 2.36. The highest BCUT2D eigenvalue weighted by atomic mass is 16.5. The lowest BCUT2D eigenvalue weighted by molar-refractivity contribution is -0.111. The van der Waals surface area contributed by atoms with E-state index in [1.807, 2.05) is 19.1 Å². The minimum Gasteiger partial charge on any atom is -0.464 e. The van der Waals surface area contributed by atoms with Gasteiger partial charge >= 0.3 is 0 Å². The minimum atomic E-state index is -0.449. The van der Waals surface area contributed by atoms with Gasteiger partial charge in [0.15, 0.2) is 0 Å². The van der Waals surface area contributed by atoms with Crippen molar-refractivity contribution in [3.05, 3.63) is 46.2 Å². The van der Waals surface area contributed by atoms with E-state index < -0.39 is 11.6 Å². The van der Waals surface area contributed by atoms with Gasteiger partial charge in [-0.25, -0.2) is 0 Å². The zero-order valence-corrected chi connectivity index (χ0v) is 11.9. The van der Waals surface area contributed by atoms with Crippen LogP contribution >= 0.6 is 0 Å². The first-order valence-corrected chi connectivity index (χ1v) is 6.86.